The van der Waals surface area contributed by atoms with Gasteiger partial charge in [-0.15, -0.1) is 11.3 Å². The summed E-state index contributed by atoms with van der Waals surface area (Å²) in [6.07, 6.45) is 0.880. The first kappa shape index (κ1) is 9.65. The zero-order valence-corrected chi connectivity index (χ0v) is 9.49. The molecule has 0 radical (unpaired) electrons. The number of carbonyl (C=O) groups excluding carboxylic acids is 1. The fraction of sp³-hybridized carbons (Fsp3) is 0.600. The van der Waals surface area contributed by atoms with Crippen LogP contribution in [-0.2, 0) is 6.42 Å². The lowest BCUT2D eigenvalue weighted by Crippen LogP contribution is -2.31. The Hall–Kier alpha value is -0.900. The van der Waals surface area contributed by atoms with Crippen LogP contribution in [0.4, 0.5) is 0 Å². The zero-order chi connectivity index (χ0) is 10.3. The Kier molecular flexibility index (Phi) is 2.10. The van der Waals surface area contributed by atoms with Gasteiger partial charge >= 0.3 is 0 Å². The Morgan fingerprint density at radius 3 is 2.93 bits per heavy atom. The maximum Gasteiger partial charge on any atom is 0.263 e. The minimum absolute atomic E-state index is 0.0381. The summed E-state index contributed by atoms with van der Waals surface area (Å²) in [5.74, 6) is 0.0381. The molecule has 0 bridgehead atoms. The van der Waals surface area contributed by atoms with Gasteiger partial charge in [0, 0.05) is 6.54 Å². The summed E-state index contributed by atoms with van der Waals surface area (Å²) >= 11 is 1.49. The number of amides is 1. The Balaban J connectivity index is 2.45. The Morgan fingerprint density at radius 2 is 2.21 bits per heavy atom. The Morgan fingerprint density at radius 1 is 1.50 bits per heavy atom. The number of hydrogen-bond acceptors (Lipinski definition) is 3. The van der Waals surface area contributed by atoms with Crippen LogP contribution >= 0.6 is 11.3 Å². The van der Waals surface area contributed by atoms with Gasteiger partial charge in [-0.2, -0.15) is 0 Å². The summed E-state index contributed by atoms with van der Waals surface area (Å²) in [6.45, 7) is 6.97. The summed E-state index contributed by atoms with van der Waals surface area (Å²) in [7, 11) is 0. The van der Waals surface area contributed by atoms with E-state index in [1.165, 1.54) is 11.3 Å². The molecule has 2 rings (SSSR count). The first-order chi connectivity index (χ1) is 6.48. The summed E-state index contributed by atoms with van der Waals surface area (Å²) in [4.78, 5) is 16.9. The number of aryl methyl sites for hydroxylation is 1. The van der Waals surface area contributed by atoms with Crippen molar-refractivity contribution in [2.45, 2.75) is 27.2 Å². The third kappa shape index (κ3) is 1.66. The maximum atomic E-state index is 11.7. The highest BCUT2D eigenvalue weighted by molar-refractivity contribution is 7.13. The van der Waals surface area contributed by atoms with Crippen molar-refractivity contribution in [1.82, 2.24) is 10.3 Å². The lowest BCUT2D eigenvalue weighted by Gasteiger charge is -2.20. The molecule has 4 heteroatoms. The molecule has 0 unspecified atom stereocenters. The van der Waals surface area contributed by atoms with E-state index in [0.29, 0.717) is 0 Å². The van der Waals surface area contributed by atoms with Crippen LogP contribution in [0.3, 0.4) is 0 Å². The molecule has 76 valence electrons. The fourth-order valence-electron chi connectivity index (χ4n) is 1.68. The summed E-state index contributed by atoms with van der Waals surface area (Å²) in [5.41, 5.74) is 1.08. The predicted molar refractivity (Wildman–Crippen MR) is 56.7 cm³/mol. The molecule has 1 aromatic rings. The van der Waals surface area contributed by atoms with Crippen LogP contribution in [0.1, 0.15) is 34.2 Å². The van der Waals surface area contributed by atoms with Gasteiger partial charge in [-0.25, -0.2) is 4.98 Å². The van der Waals surface area contributed by atoms with E-state index in [-0.39, 0.29) is 11.3 Å². The van der Waals surface area contributed by atoms with Crippen LogP contribution in [0.15, 0.2) is 0 Å². The highest BCUT2D eigenvalue weighted by atomic mass is 32.1. The molecule has 0 fully saturated rings. The van der Waals surface area contributed by atoms with Crippen LogP contribution < -0.4 is 5.32 Å². The number of aromatic nitrogens is 1. The van der Waals surface area contributed by atoms with Crippen LogP contribution in [-0.4, -0.2) is 17.4 Å². The van der Waals surface area contributed by atoms with E-state index in [1.807, 2.05) is 6.92 Å². The standard InChI is InChI=1S/C10H14N2OS/c1-6-12-7-4-10(2,3)5-11-9(13)8(7)14-6/h4-5H2,1-3H3,(H,11,13). The van der Waals surface area contributed by atoms with E-state index in [2.05, 4.69) is 24.1 Å². The third-order valence-corrected chi connectivity index (χ3v) is 3.40. The van der Waals surface area contributed by atoms with E-state index < -0.39 is 0 Å². The fourth-order valence-corrected chi connectivity index (χ4v) is 2.53. The smallest absolute Gasteiger partial charge is 0.263 e. The summed E-state index contributed by atoms with van der Waals surface area (Å²) in [6, 6.07) is 0. The molecule has 0 aromatic carbocycles. The van der Waals surface area contributed by atoms with Crippen molar-refractivity contribution in [2.75, 3.05) is 6.54 Å². The number of fused-ring (bicyclic) bond motifs is 1. The Bertz CT molecular complexity index is 381. The number of nitrogens with zero attached hydrogens (tertiary/aromatic N) is 1. The van der Waals surface area contributed by atoms with Crippen molar-refractivity contribution in [2.24, 2.45) is 5.41 Å². The molecule has 0 saturated heterocycles. The van der Waals surface area contributed by atoms with Gasteiger partial charge in [0.05, 0.1) is 10.7 Å². The molecule has 1 aromatic heterocycles. The summed E-state index contributed by atoms with van der Waals surface area (Å²) < 4.78 is 0. The number of nitrogens with one attached hydrogen (secondary N) is 1. The lowest BCUT2D eigenvalue weighted by atomic mass is 9.88. The van der Waals surface area contributed by atoms with E-state index in [4.69, 9.17) is 0 Å². The lowest BCUT2D eigenvalue weighted by molar-refractivity contribution is 0.0948. The maximum absolute atomic E-state index is 11.7. The highest BCUT2D eigenvalue weighted by Crippen LogP contribution is 2.28. The first-order valence-electron chi connectivity index (χ1n) is 4.72. The third-order valence-electron chi connectivity index (χ3n) is 2.38. The van der Waals surface area contributed by atoms with E-state index >= 15 is 0 Å². The largest absolute Gasteiger partial charge is 0.351 e. The van der Waals surface area contributed by atoms with Crippen molar-refractivity contribution in [3.63, 3.8) is 0 Å². The van der Waals surface area contributed by atoms with Crippen LogP contribution in [0.2, 0.25) is 0 Å². The van der Waals surface area contributed by atoms with Crippen molar-refractivity contribution >= 4 is 17.2 Å². The molecule has 0 atom stereocenters. The van der Waals surface area contributed by atoms with Crippen molar-refractivity contribution in [3.05, 3.63) is 15.6 Å². The van der Waals surface area contributed by atoms with Gasteiger partial charge in [0.1, 0.15) is 4.88 Å². The highest BCUT2D eigenvalue weighted by Gasteiger charge is 2.29. The van der Waals surface area contributed by atoms with Gasteiger partial charge in [-0.05, 0) is 18.8 Å². The second kappa shape index (κ2) is 3.05. The topological polar surface area (TPSA) is 42.0 Å². The molecule has 14 heavy (non-hydrogen) atoms. The minimum atomic E-state index is 0.0381. The molecule has 1 aliphatic heterocycles. The van der Waals surface area contributed by atoms with Crippen molar-refractivity contribution in [3.8, 4) is 0 Å². The normalized spacial score (nSPS) is 19.8. The van der Waals surface area contributed by atoms with Crippen LogP contribution in [0.5, 0.6) is 0 Å². The second-order valence-corrected chi connectivity index (χ2v) is 5.74. The average molecular weight is 210 g/mol. The van der Waals surface area contributed by atoms with Crippen LogP contribution in [0, 0.1) is 12.3 Å². The van der Waals surface area contributed by atoms with Gasteiger partial charge < -0.3 is 5.32 Å². The van der Waals surface area contributed by atoms with Crippen molar-refractivity contribution < 1.29 is 4.79 Å². The average Bonchev–Trinajstić information content (AvgIpc) is 2.37. The van der Waals surface area contributed by atoms with Crippen molar-refractivity contribution in [1.29, 1.82) is 0 Å². The molecule has 1 amide bonds. The van der Waals surface area contributed by atoms with Gasteiger partial charge in [0.2, 0.25) is 0 Å². The molecular weight excluding hydrogens is 196 g/mol. The monoisotopic (exact) mass is 210 g/mol. The van der Waals surface area contributed by atoms with Gasteiger partial charge in [-0.3, -0.25) is 4.79 Å². The molecule has 3 nitrogen and oxygen atoms in total. The molecular formula is C10H14N2OS. The number of carbonyl (C=O) groups is 1. The molecule has 2 heterocycles. The van der Waals surface area contributed by atoms with Crippen LogP contribution in [0.25, 0.3) is 0 Å². The SMILES string of the molecule is Cc1nc2c(s1)C(=O)NCC(C)(C)C2. The second-order valence-electron chi connectivity index (χ2n) is 4.53. The molecule has 0 spiro atoms. The zero-order valence-electron chi connectivity index (χ0n) is 8.68. The van der Waals surface area contributed by atoms with E-state index in [0.717, 1.165) is 28.5 Å². The molecule has 1 aliphatic rings. The van der Waals surface area contributed by atoms with E-state index in [9.17, 15) is 4.79 Å². The molecule has 0 aliphatic carbocycles. The number of thiazole rings is 1. The summed E-state index contributed by atoms with van der Waals surface area (Å²) in [5, 5.41) is 3.91. The quantitative estimate of drug-likeness (QED) is 0.709. The van der Waals surface area contributed by atoms with Gasteiger partial charge in [0.15, 0.2) is 0 Å². The minimum Gasteiger partial charge on any atom is -0.351 e. The first-order valence-corrected chi connectivity index (χ1v) is 5.54. The number of hydrogen-bond donors (Lipinski definition) is 1. The van der Waals surface area contributed by atoms with Gasteiger partial charge in [0.25, 0.3) is 5.91 Å². The molecule has 1 N–H and O–H groups in total. The van der Waals surface area contributed by atoms with Gasteiger partial charge in [-0.1, -0.05) is 13.8 Å². The molecule has 0 saturated carbocycles. The predicted octanol–water partition coefficient (Wildman–Crippen LogP) is 1.76. The Labute approximate surface area is 87.6 Å². The number of rotatable bonds is 0. The van der Waals surface area contributed by atoms with E-state index in [1.54, 1.807) is 0 Å².